The summed E-state index contributed by atoms with van der Waals surface area (Å²) in [5, 5.41) is 6.60. The van der Waals surface area contributed by atoms with E-state index in [0.717, 1.165) is 18.0 Å². The number of aromatic nitrogens is 2. The Morgan fingerprint density at radius 2 is 2.04 bits per heavy atom. The topological polar surface area (TPSA) is 62.5 Å². The van der Waals surface area contributed by atoms with E-state index in [0.29, 0.717) is 41.9 Å². The fraction of sp³-hybridized carbons (Fsp3) is 0.278. The summed E-state index contributed by atoms with van der Waals surface area (Å²) >= 11 is 7.56. The van der Waals surface area contributed by atoms with Crippen LogP contribution in [-0.4, -0.2) is 52.0 Å². The van der Waals surface area contributed by atoms with Gasteiger partial charge in [0.15, 0.2) is 0 Å². The molecule has 3 heterocycles. The predicted octanol–water partition coefficient (Wildman–Crippen LogP) is 3.41. The molecule has 0 unspecified atom stereocenters. The van der Waals surface area contributed by atoms with Crippen LogP contribution in [0.3, 0.4) is 0 Å². The molecule has 1 aliphatic heterocycles. The van der Waals surface area contributed by atoms with Crippen molar-refractivity contribution in [2.75, 3.05) is 26.2 Å². The van der Waals surface area contributed by atoms with Gasteiger partial charge in [0.1, 0.15) is 0 Å². The molecule has 1 aliphatic rings. The molecule has 1 amide bonds. The Morgan fingerprint density at radius 3 is 2.77 bits per heavy atom. The lowest BCUT2D eigenvalue weighted by atomic mass is 10.2. The zero-order valence-corrected chi connectivity index (χ0v) is 15.5. The van der Waals surface area contributed by atoms with Crippen LogP contribution in [0, 0.1) is 0 Å². The number of benzene rings is 1. The number of nitrogens with zero attached hydrogens (tertiary/aromatic N) is 4. The fourth-order valence-electron chi connectivity index (χ4n) is 2.93. The number of thiophene rings is 1. The maximum atomic E-state index is 12.6. The highest BCUT2D eigenvalue weighted by atomic mass is 35.5. The van der Waals surface area contributed by atoms with E-state index >= 15 is 0 Å². The summed E-state index contributed by atoms with van der Waals surface area (Å²) in [4.78, 5) is 22.1. The molecule has 1 saturated heterocycles. The van der Waals surface area contributed by atoms with E-state index in [2.05, 4.69) is 15.0 Å². The van der Waals surface area contributed by atoms with Gasteiger partial charge in [-0.3, -0.25) is 9.69 Å². The summed E-state index contributed by atoms with van der Waals surface area (Å²) in [6, 6.07) is 11.0. The van der Waals surface area contributed by atoms with Gasteiger partial charge in [-0.1, -0.05) is 28.9 Å². The summed E-state index contributed by atoms with van der Waals surface area (Å²) < 4.78 is 5.36. The lowest BCUT2D eigenvalue weighted by Crippen LogP contribution is -2.48. The lowest BCUT2D eigenvalue weighted by Gasteiger charge is -2.34. The molecular formula is C18H17ClN4O2S. The van der Waals surface area contributed by atoms with Gasteiger partial charge in [0.05, 0.1) is 11.4 Å². The monoisotopic (exact) mass is 388 g/mol. The van der Waals surface area contributed by atoms with Gasteiger partial charge in [-0.2, -0.15) is 4.98 Å². The van der Waals surface area contributed by atoms with E-state index in [-0.39, 0.29) is 5.91 Å². The third-order valence-corrected chi connectivity index (χ3v) is 5.40. The average molecular weight is 389 g/mol. The van der Waals surface area contributed by atoms with E-state index < -0.39 is 0 Å². The maximum Gasteiger partial charge on any atom is 0.253 e. The minimum atomic E-state index is 0.0184. The maximum absolute atomic E-state index is 12.6. The normalized spacial score (nSPS) is 15.3. The molecule has 26 heavy (non-hydrogen) atoms. The van der Waals surface area contributed by atoms with Crippen molar-refractivity contribution in [2.45, 2.75) is 6.54 Å². The lowest BCUT2D eigenvalue weighted by molar-refractivity contribution is 0.0615. The Labute approximate surface area is 160 Å². The highest BCUT2D eigenvalue weighted by Crippen LogP contribution is 2.22. The van der Waals surface area contributed by atoms with Crippen LogP contribution in [-0.2, 0) is 6.54 Å². The summed E-state index contributed by atoms with van der Waals surface area (Å²) in [6.45, 7) is 3.46. The van der Waals surface area contributed by atoms with Gasteiger partial charge < -0.3 is 9.42 Å². The van der Waals surface area contributed by atoms with Crippen LogP contribution >= 0.6 is 22.9 Å². The zero-order chi connectivity index (χ0) is 17.9. The van der Waals surface area contributed by atoms with Crippen LogP contribution in [0.5, 0.6) is 0 Å². The largest absolute Gasteiger partial charge is 0.338 e. The zero-order valence-electron chi connectivity index (χ0n) is 14.0. The number of rotatable bonds is 4. The quantitative estimate of drug-likeness (QED) is 0.685. The first kappa shape index (κ1) is 17.2. The fourth-order valence-corrected chi connectivity index (χ4v) is 3.77. The van der Waals surface area contributed by atoms with Crippen molar-refractivity contribution in [3.8, 4) is 10.7 Å². The number of amides is 1. The highest BCUT2D eigenvalue weighted by molar-refractivity contribution is 7.13. The third kappa shape index (κ3) is 3.80. The molecule has 134 valence electrons. The van der Waals surface area contributed by atoms with Crippen molar-refractivity contribution < 1.29 is 9.32 Å². The Hall–Kier alpha value is -2.22. The average Bonchev–Trinajstić information content (AvgIpc) is 3.33. The molecule has 1 aromatic carbocycles. The molecule has 0 bridgehead atoms. The van der Waals surface area contributed by atoms with Crippen molar-refractivity contribution in [3.05, 3.63) is 58.3 Å². The molecule has 0 N–H and O–H groups in total. The Balaban J connectivity index is 1.33. The van der Waals surface area contributed by atoms with Crippen LogP contribution in [0.4, 0.5) is 0 Å². The van der Waals surface area contributed by atoms with E-state index in [1.807, 2.05) is 22.4 Å². The number of carbonyl (C=O) groups excluding carboxylic acids is 1. The SMILES string of the molecule is O=C(c1cccc(Cl)c1)N1CCN(Cc2nc(-c3cccs3)no2)CC1. The van der Waals surface area contributed by atoms with Crippen molar-refractivity contribution in [1.82, 2.24) is 19.9 Å². The first-order chi connectivity index (χ1) is 12.7. The van der Waals surface area contributed by atoms with Gasteiger partial charge in [-0.15, -0.1) is 11.3 Å². The molecule has 3 aromatic rings. The van der Waals surface area contributed by atoms with Crippen LogP contribution in [0.1, 0.15) is 16.2 Å². The summed E-state index contributed by atoms with van der Waals surface area (Å²) in [5.41, 5.74) is 0.628. The number of halogens is 1. The molecule has 0 atom stereocenters. The van der Waals surface area contributed by atoms with E-state index in [1.54, 1.807) is 35.6 Å². The van der Waals surface area contributed by atoms with Gasteiger partial charge in [-0.25, -0.2) is 0 Å². The summed E-state index contributed by atoms with van der Waals surface area (Å²) in [5.74, 6) is 1.25. The number of piperazine rings is 1. The predicted molar refractivity (Wildman–Crippen MR) is 100 cm³/mol. The van der Waals surface area contributed by atoms with Crippen LogP contribution in [0.15, 0.2) is 46.3 Å². The minimum Gasteiger partial charge on any atom is -0.338 e. The second kappa shape index (κ2) is 7.57. The highest BCUT2D eigenvalue weighted by Gasteiger charge is 2.23. The van der Waals surface area contributed by atoms with Gasteiger partial charge in [0.2, 0.25) is 11.7 Å². The van der Waals surface area contributed by atoms with Gasteiger partial charge in [0.25, 0.3) is 5.91 Å². The van der Waals surface area contributed by atoms with E-state index in [9.17, 15) is 4.79 Å². The van der Waals surface area contributed by atoms with Crippen molar-refractivity contribution in [3.63, 3.8) is 0 Å². The van der Waals surface area contributed by atoms with Crippen molar-refractivity contribution in [1.29, 1.82) is 0 Å². The smallest absolute Gasteiger partial charge is 0.253 e. The molecule has 2 aromatic heterocycles. The molecule has 8 heteroatoms. The molecule has 0 aliphatic carbocycles. The van der Waals surface area contributed by atoms with Crippen molar-refractivity contribution in [2.24, 2.45) is 0 Å². The Morgan fingerprint density at radius 1 is 1.19 bits per heavy atom. The molecule has 1 fully saturated rings. The summed E-state index contributed by atoms with van der Waals surface area (Å²) in [7, 11) is 0. The molecule has 4 rings (SSSR count). The third-order valence-electron chi connectivity index (χ3n) is 4.30. The molecule has 0 saturated carbocycles. The van der Waals surface area contributed by atoms with Crippen LogP contribution < -0.4 is 0 Å². The Bertz CT molecular complexity index is 888. The standard InChI is InChI=1S/C18H17ClN4O2S/c19-14-4-1-3-13(11-14)18(24)23-8-6-22(7-9-23)12-16-20-17(21-25-16)15-5-2-10-26-15/h1-5,10-11H,6-9,12H2. The first-order valence-electron chi connectivity index (χ1n) is 8.33. The van der Waals surface area contributed by atoms with Gasteiger partial charge in [-0.05, 0) is 29.6 Å². The van der Waals surface area contributed by atoms with E-state index in [4.69, 9.17) is 16.1 Å². The Kier molecular flexibility index (Phi) is 5.01. The first-order valence-corrected chi connectivity index (χ1v) is 9.58. The molecule has 0 radical (unpaired) electrons. The number of hydrogen-bond acceptors (Lipinski definition) is 6. The summed E-state index contributed by atoms with van der Waals surface area (Å²) in [6.07, 6.45) is 0. The second-order valence-corrected chi connectivity index (χ2v) is 7.45. The molecular weight excluding hydrogens is 372 g/mol. The molecule has 0 spiro atoms. The molecule has 6 nitrogen and oxygen atoms in total. The number of hydrogen-bond donors (Lipinski definition) is 0. The number of carbonyl (C=O) groups is 1. The van der Waals surface area contributed by atoms with E-state index in [1.165, 1.54) is 0 Å². The van der Waals surface area contributed by atoms with Crippen LogP contribution in [0.2, 0.25) is 5.02 Å². The second-order valence-electron chi connectivity index (χ2n) is 6.07. The van der Waals surface area contributed by atoms with Crippen molar-refractivity contribution >= 4 is 28.8 Å². The van der Waals surface area contributed by atoms with Gasteiger partial charge >= 0.3 is 0 Å². The minimum absolute atomic E-state index is 0.0184. The van der Waals surface area contributed by atoms with Crippen LogP contribution in [0.25, 0.3) is 10.7 Å². The van der Waals surface area contributed by atoms with Gasteiger partial charge in [0, 0.05) is 36.8 Å².